The minimum absolute atomic E-state index is 0.541. The minimum atomic E-state index is 0.541. The Kier molecular flexibility index (Phi) is 2.36. The lowest BCUT2D eigenvalue weighted by molar-refractivity contribution is 1.15. The highest BCUT2D eigenvalue weighted by atomic mass is 35.5. The molecule has 0 radical (unpaired) electrons. The molecule has 0 amide bonds. The molecular weight excluding hydrogens is 254 g/mol. The molecule has 0 bridgehead atoms. The van der Waals surface area contributed by atoms with E-state index in [1.54, 1.807) is 34.1 Å². The van der Waals surface area contributed by atoms with Crippen molar-refractivity contribution in [1.82, 2.24) is 9.38 Å². The van der Waals surface area contributed by atoms with Gasteiger partial charge in [-0.1, -0.05) is 17.7 Å². The number of hydrogen-bond donors (Lipinski definition) is 0. The van der Waals surface area contributed by atoms with E-state index >= 15 is 0 Å². The van der Waals surface area contributed by atoms with Crippen LogP contribution < -0.4 is 0 Å². The molecule has 0 saturated heterocycles. The number of imidazole rings is 1. The van der Waals surface area contributed by atoms with Crippen LogP contribution in [-0.2, 0) is 0 Å². The average Bonchev–Trinajstić information content (AvgIpc) is 2.94. The molecule has 0 saturated carbocycles. The van der Waals surface area contributed by atoms with Gasteiger partial charge in [-0.3, -0.25) is 4.40 Å². The van der Waals surface area contributed by atoms with Gasteiger partial charge in [0.1, 0.15) is 17.4 Å². The molecule has 3 nitrogen and oxygen atoms in total. The number of thiophene rings is 1. The van der Waals surface area contributed by atoms with Crippen molar-refractivity contribution in [3.05, 3.63) is 46.6 Å². The Morgan fingerprint density at radius 2 is 2.29 bits per heavy atom. The highest BCUT2D eigenvalue weighted by Crippen LogP contribution is 2.28. The van der Waals surface area contributed by atoms with Crippen molar-refractivity contribution < 1.29 is 0 Å². The lowest BCUT2D eigenvalue weighted by Gasteiger charge is -1.94. The number of nitrogens with zero attached hydrogens (tertiary/aromatic N) is 3. The van der Waals surface area contributed by atoms with Crippen molar-refractivity contribution in [2.24, 2.45) is 0 Å². The zero-order valence-electron chi connectivity index (χ0n) is 8.59. The second kappa shape index (κ2) is 3.88. The standard InChI is InChI=1S/C12H6ClN3S/c13-8-3-4-16-9(7-14)12(15-11(16)6-8)10-2-1-5-17-10/h1-6H. The molecule has 0 N–H and O–H groups in total. The normalized spacial score (nSPS) is 10.6. The highest BCUT2D eigenvalue weighted by Gasteiger charge is 2.14. The van der Waals surface area contributed by atoms with Gasteiger partial charge in [0, 0.05) is 17.3 Å². The largest absolute Gasteiger partial charge is 0.291 e. The van der Waals surface area contributed by atoms with Gasteiger partial charge in [-0.2, -0.15) is 5.26 Å². The summed E-state index contributed by atoms with van der Waals surface area (Å²) in [5, 5.41) is 11.8. The molecule has 0 spiro atoms. The summed E-state index contributed by atoms with van der Waals surface area (Å²) < 4.78 is 1.75. The first-order valence-electron chi connectivity index (χ1n) is 4.91. The molecule has 3 aromatic heterocycles. The van der Waals surface area contributed by atoms with E-state index in [9.17, 15) is 5.26 Å². The van der Waals surface area contributed by atoms with E-state index in [0.717, 1.165) is 4.88 Å². The van der Waals surface area contributed by atoms with Crippen molar-refractivity contribution in [2.75, 3.05) is 0 Å². The predicted octanol–water partition coefficient (Wildman–Crippen LogP) is 3.59. The Hall–Kier alpha value is -1.83. The van der Waals surface area contributed by atoms with Gasteiger partial charge in [-0.05, 0) is 17.5 Å². The maximum Gasteiger partial charge on any atom is 0.153 e. The summed E-state index contributed by atoms with van der Waals surface area (Å²) in [6.07, 6.45) is 1.76. The van der Waals surface area contributed by atoms with E-state index in [0.29, 0.717) is 22.1 Å². The molecule has 0 fully saturated rings. The highest BCUT2D eigenvalue weighted by molar-refractivity contribution is 7.13. The van der Waals surface area contributed by atoms with Crippen LogP contribution in [0, 0.1) is 11.3 Å². The minimum Gasteiger partial charge on any atom is -0.291 e. The Bertz CT molecular complexity index is 722. The van der Waals surface area contributed by atoms with Gasteiger partial charge in [-0.15, -0.1) is 11.3 Å². The summed E-state index contributed by atoms with van der Waals surface area (Å²) in [4.78, 5) is 5.44. The van der Waals surface area contributed by atoms with Crippen LogP contribution in [0.3, 0.4) is 0 Å². The van der Waals surface area contributed by atoms with Crippen LogP contribution in [0.15, 0.2) is 35.8 Å². The molecule has 3 rings (SSSR count). The Morgan fingerprint density at radius 1 is 1.41 bits per heavy atom. The van der Waals surface area contributed by atoms with Crippen molar-refractivity contribution in [1.29, 1.82) is 5.26 Å². The van der Waals surface area contributed by atoms with Crippen LogP contribution in [0.4, 0.5) is 0 Å². The molecule has 0 unspecified atom stereocenters. The van der Waals surface area contributed by atoms with E-state index < -0.39 is 0 Å². The van der Waals surface area contributed by atoms with Gasteiger partial charge in [-0.25, -0.2) is 4.98 Å². The molecule has 0 aliphatic heterocycles. The van der Waals surface area contributed by atoms with Gasteiger partial charge >= 0.3 is 0 Å². The number of nitriles is 1. The van der Waals surface area contributed by atoms with E-state index in [1.807, 2.05) is 17.5 Å². The van der Waals surface area contributed by atoms with Crippen molar-refractivity contribution in [2.45, 2.75) is 0 Å². The second-order valence-corrected chi connectivity index (χ2v) is 4.86. The van der Waals surface area contributed by atoms with E-state index in [-0.39, 0.29) is 0 Å². The number of rotatable bonds is 1. The van der Waals surface area contributed by atoms with Crippen molar-refractivity contribution in [3.8, 4) is 16.6 Å². The first-order chi connectivity index (χ1) is 8.29. The maximum absolute atomic E-state index is 9.23. The zero-order valence-corrected chi connectivity index (χ0v) is 10.2. The SMILES string of the molecule is N#Cc1c(-c2cccs2)nc2cc(Cl)ccn12. The molecule has 0 aliphatic rings. The van der Waals surface area contributed by atoms with Crippen LogP contribution in [0.25, 0.3) is 16.2 Å². The third-order valence-electron chi connectivity index (χ3n) is 2.45. The molecular formula is C12H6ClN3S. The number of hydrogen-bond acceptors (Lipinski definition) is 3. The maximum atomic E-state index is 9.23. The van der Waals surface area contributed by atoms with Gasteiger partial charge in [0.15, 0.2) is 5.69 Å². The molecule has 82 valence electrons. The number of pyridine rings is 1. The van der Waals surface area contributed by atoms with Gasteiger partial charge in [0.05, 0.1) is 4.88 Å². The summed E-state index contributed by atoms with van der Waals surface area (Å²) >= 11 is 7.48. The summed E-state index contributed by atoms with van der Waals surface area (Å²) in [7, 11) is 0. The molecule has 3 aromatic rings. The van der Waals surface area contributed by atoms with E-state index in [4.69, 9.17) is 11.6 Å². The molecule has 3 heterocycles. The van der Waals surface area contributed by atoms with Gasteiger partial charge in [0.2, 0.25) is 0 Å². The van der Waals surface area contributed by atoms with Gasteiger partial charge < -0.3 is 0 Å². The molecule has 17 heavy (non-hydrogen) atoms. The van der Waals surface area contributed by atoms with Gasteiger partial charge in [0.25, 0.3) is 0 Å². The topological polar surface area (TPSA) is 41.1 Å². The van der Waals surface area contributed by atoms with Crippen molar-refractivity contribution >= 4 is 28.6 Å². The predicted molar refractivity (Wildman–Crippen MR) is 68.2 cm³/mol. The van der Waals surface area contributed by atoms with Crippen LogP contribution >= 0.6 is 22.9 Å². The molecule has 0 aliphatic carbocycles. The smallest absolute Gasteiger partial charge is 0.153 e. The zero-order chi connectivity index (χ0) is 11.8. The summed E-state index contributed by atoms with van der Waals surface area (Å²) in [6.45, 7) is 0. The van der Waals surface area contributed by atoms with E-state index in [2.05, 4.69) is 11.1 Å². The average molecular weight is 260 g/mol. The molecule has 5 heteroatoms. The third kappa shape index (κ3) is 1.60. The lowest BCUT2D eigenvalue weighted by atomic mass is 10.3. The Balaban J connectivity index is 2.37. The summed E-state index contributed by atoms with van der Waals surface area (Å²) in [6, 6.07) is 9.58. The molecule has 0 aromatic carbocycles. The lowest BCUT2D eigenvalue weighted by Crippen LogP contribution is -1.87. The fourth-order valence-electron chi connectivity index (χ4n) is 1.71. The molecule has 0 atom stereocenters. The van der Waals surface area contributed by atoms with Crippen LogP contribution in [0.2, 0.25) is 5.02 Å². The fraction of sp³-hybridized carbons (Fsp3) is 0. The van der Waals surface area contributed by atoms with Crippen LogP contribution in [0.5, 0.6) is 0 Å². The monoisotopic (exact) mass is 259 g/mol. The fourth-order valence-corrected chi connectivity index (χ4v) is 2.58. The van der Waals surface area contributed by atoms with E-state index in [1.165, 1.54) is 0 Å². The quantitative estimate of drug-likeness (QED) is 0.670. The third-order valence-corrected chi connectivity index (χ3v) is 3.56. The first-order valence-corrected chi connectivity index (χ1v) is 6.17. The van der Waals surface area contributed by atoms with Crippen molar-refractivity contribution in [3.63, 3.8) is 0 Å². The van der Waals surface area contributed by atoms with Crippen LogP contribution in [0.1, 0.15) is 5.69 Å². The summed E-state index contributed by atoms with van der Waals surface area (Å²) in [5.41, 5.74) is 1.95. The Labute approximate surface area is 107 Å². The second-order valence-electron chi connectivity index (χ2n) is 3.47. The number of fused-ring (bicyclic) bond motifs is 1. The number of aromatic nitrogens is 2. The summed E-state index contributed by atoms with van der Waals surface area (Å²) in [5.74, 6) is 0. The number of halogens is 1. The Morgan fingerprint density at radius 3 is 3.00 bits per heavy atom. The van der Waals surface area contributed by atoms with Crippen LogP contribution in [-0.4, -0.2) is 9.38 Å². The first kappa shape index (κ1) is 10.3.